The molecule has 0 aliphatic heterocycles. The third-order valence-corrected chi connectivity index (χ3v) is 2.93. The number of aromatic nitrogens is 3. The number of nitrogens with zero attached hydrogens (tertiary/aromatic N) is 4. The summed E-state index contributed by atoms with van der Waals surface area (Å²) in [6, 6.07) is 5.06. The fourth-order valence-electron chi connectivity index (χ4n) is 1.43. The van der Waals surface area contributed by atoms with Crippen LogP contribution in [0, 0.1) is 0 Å². The van der Waals surface area contributed by atoms with Gasteiger partial charge >= 0.3 is 0 Å². The van der Waals surface area contributed by atoms with E-state index in [9.17, 15) is 5.11 Å². The molecule has 0 atom stereocenters. The highest BCUT2D eigenvalue weighted by Gasteiger charge is 2.06. The normalized spacial score (nSPS) is 11.1. The molecule has 0 unspecified atom stereocenters. The molecule has 0 saturated carbocycles. The number of anilines is 1. The van der Waals surface area contributed by atoms with Crippen LogP contribution >= 0.6 is 15.9 Å². The maximum absolute atomic E-state index is 9.63. The van der Waals surface area contributed by atoms with Gasteiger partial charge in [0.2, 0.25) is 0 Å². The van der Waals surface area contributed by atoms with Crippen molar-refractivity contribution in [2.75, 3.05) is 11.3 Å². The van der Waals surface area contributed by atoms with Gasteiger partial charge < -0.3 is 10.9 Å². The average Bonchev–Trinajstić information content (AvgIpc) is 2.75. The van der Waals surface area contributed by atoms with Gasteiger partial charge in [0, 0.05) is 16.5 Å². The van der Waals surface area contributed by atoms with E-state index in [1.54, 1.807) is 18.2 Å². The van der Waals surface area contributed by atoms with E-state index in [0.717, 1.165) is 4.47 Å². The lowest BCUT2D eigenvalue weighted by atomic mass is 10.2. The molecule has 1 heterocycles. The number of hydrazone groups is 1. The molecule has 0 fully saturated rings. The number of hydrogen-bond acceptors (Lipinski definition) is 6. The number of nitrogens with two attached hydrogens (primary N) is 1. The van der Waals surface area contributed by atoms with Gasteiger partial charge in [0.15, 0.2) is 5.82 Å². The Balaban J connectivity index is 2.11. The van der Waals surface area contributed by atoms with Crippen LogP contribution in [0.2, 0.25) is 0 Å². The number of nitrogens with one attached hydrogen (secondary N) is 1. The van der Waals surface area contributed by atoms with Crippen LogP contribution in [0.5, 0.6) is 5.75 Å². The first-order chi connectivity index (χ1) is 9.11. The van der Waals surface area contributed by atoms with Crippen LogP contribution in [0.3, 0.4) is 0 Å². The predicted octanol–water partition coefficient (Wildman–Crippen LogP) is 1.47. The average molecular weight is 325 g/mol. The van der Waals surface area contributed by atoms with Crippen molar-refractivity contribution in [2.45, 2.75) is 13.3 Å². The van der Waals surface area contributed by atoms with Crippen molar-refractivity contribution in [3.8, 4) is 5.75 Å². The topological polar surface area (TPSA) is 101 Å². The number of phenolic OH excluding ortho intramolecular Hbond substituents is 1. The predicted molar refractivity (Wildman–Crippen MR) is 76.6 cm³/mol. The maximum Gasteiger partial charge on any atom is 0.263 e. The lowest BCUT2D eigenvalue weighted by Gasteiger charge is -2.01. The smallest absolute Gasteiger partial charge is 0.263 e. The summed E-state index contributed by atoms with van der Waals surface area (Å²) >= 11 is 3.32. The van der Waals surface area contributed by atoms with E-state index in [-0.39, 0.29) is 5.75 Å². The quantitative estimate of drug-likeness (QED) is 0.449. The minimum atomic E-state index is 0.136. The number of rotatable bonds is 4. The summed E-state index contributed by atoms with van der Waals surface area (Å²) in [6.07, 6.45) is 2.15. The molecule has 4 N–H and O–H groups in total. The van der Waals surface area contributed by atoms with E-state index in [1.807, 2.05) is 6.92 Å². The van der Waals surface area contributed by atoms with Crippen LogP contribution in [0.15, 0.2) is 27.8 Å². The Morgan fingerprint density at radius 1 is 1.53 bits per heavy atom. The van der Waals surface area contributed by atoms with Crippen molar-refractivity contribution in [1.82, 2.24) is 14.9 Å². The van der Waals surface area contributed by atoms with E-state index in [4.69, 9.17) is 5.84 Å². The Labute approximate surface area is 118 Å². The standard InChI is InChI=1S/C11H13BrN6O/c1-2-10-15-17-11(18(10)13)16-14-6-7-5-8(12)3-4-9(7)19/h3-6,19H,2,13H2,1H3,(H,16,17)/b14-6+. The van der Waals surface area contributed by atoms with Gasteiger partial charge in [-0.15, -0.1) is 10.2 Å². The molecule has 0 aliphatic rings. The molecule has 0 saturated heterocycles. The highest BCUT2D eigenvalue weighted by Crippen LogP contribution is 2.20. The summed E-state index contributed by atoms with van der Waals surface area (Å²) < 4.78 is 2.18. The van der Waals surface area contributed by atoms with Gasteiger partial charge in [-0.2, -0.15) is 5.10 Å². The number of hydrogen-bond donors (Lipinski definition) is 3. The number of benzene rings is 1. The molecule has 1 aromatic heterocycles. The molecule has 7 nitrogen and oxygen atoms in total. The molecule has 2 rings (SSSR count). The molecule has 0 bridgehead atoms. The summed E-state index contributed by atoms with van der Waals surface area (Å²) in [5.74, 6) is 6.87. The Morgan fingerprint density at radius 2 is 2.32 bits per heavy atom. The maximum atomic E-state index is 9.63. The summed E-state index contributed by atoms with van der Waals surface area (Å²) in [5.41, 5.74) is 3.24. The second-order valence-electron chi connectivity index (χ2n) is 3.74. The Hall–Kier alpha value is -2.09. The van der Waals surface area contributed by atoms with Crippen LogP contribution in [0.25, 0.3) is 0 Å². The molecule has 8 heteroatoms. The van der Waals surface area contributed by atoms with Gasteiger partial charge in [-0.05, 0) is 18.2 Å². The van der Waals surface area contributed by atoms with E-state index < -0.39 is 0 Å². The first-order valence-electron chi connectivity index (χ1n) is 5.58. The Morgan fingerprint density at radius 3 is 3.00 bits per heavy atom. The number of aryl methyl sites for hydroxylation is 1. The van der Waals surface area contributed by atoms with Crippen molar-refractivity contribution in [2.24, 2.45) is 5.10 Å². The molecule has 2 aromatic rings. The first-order valence-corrected chi connectivity index (χ1v) is 6.38. The molecule has 0 spiro atoms. The summed E-state index contributed by atoms with van der Waals surface area (Å²) in [5, 5.41) is 21.3. The molecule has 0 radical (unpaired) electrons. The van der Waals surface area contributed by atoms with Gasteiger partial charge in [0.25, 0.3) is 5.95 Å². The first kappa shape index (κ1) is 13.3. The third-order valence-electron chi connectivity index (χ3n) is 2.44. The third kappa shape index (κ3) is 3.02. The number of nitrogen functional groups attached to an aromatic ring is 1. The molecule has 100 valence electrons. The van der Waals surface area contributed by atoms with Crippen molar-refractivity contribution in [3.05, 3.63) is 34.1 Å². The largest absolute Gasteiger partial charge is 0.507 e. The van der Waals surface area contributed by atoms with Crippen molar-refractivity contribution >= 4 is 28.1 Å². The van der Waals surface area contributed by atoms with Crippen LogP contribution in [-0.2, 0) is 6.42 Å². The minimum absolute atomic E-state index is 0.136. The summed E-state index contributed by atoms with van der Waals surface area (Å²) in [7, 11) is 0. The van der Waals surface area contributed by atoms with Crippen LogP contribution in [-0.4, -0.2) is 26.2 Å². The lowest BCUT2D eigenvalue weighted by molar-refractivity contribution is 0.474. The Bertz CT molecular complexity index is 609. The van der Waals surface area contributed by atoms with Crippen molar-refractivity contribution in [1.29, 1.82) is 0 Å². The fourth-order valence-corrected chi connectivity index (χ4v) is 1.81. The van der Waals surface area contributed by atoms with E-state index >= 15 is 0 Å². The zero-order valence-corrected chi connectivity index (χ0v) is 11.8. The van der Waals surface area contributed by atoms with Crippen LogP contribution in [0.1, 0.15) is 18.3 Å². The van der Waals surface area contributed by atoms with Gasteiger partial charge in [-0.3, -0.25) is 0 Å². The van der Waals surface area contributed by atoms with Crippen molar-refractivity contribution < 1.29 is 5.11 Å². The summed E-state index contributed by atoms with van der Waals surface area (Å²) in [6.45, 7) is 1.93. The van der Waals surface area contributed by atoms with Crippen LogP contribution in [0.4, 0.5) is 5.95 Å². The number of halogens is 1. The van der Waals surface area contributed by atoms with E-state index in [2.05, 4.69) is 36.7 Å². The van der Waals surface area contributed by atoms with Gasteiger partial charge in [0.1, 0.15) is 5.75 Å². The molecular weight excluding hydrogens is 312 g/mol. The fraction of sp³-hybridized carbons (Fsp3) is 0.182. The lowest BCUT2D eigenvalue weighted by Crippen LogP contribution is -2.14. The second kappa shape index (κ2) is 5.70. The van der Waals surface area contributed by atoms with Gasteiger partial charge in [-0.25, -0.2) is 10.1 Å². The molecular formula is C11H13BrN6O. The number of phenols is 1. The minimum Gasteiger partial charge on any atom is -0.507 e. The van der Waals surface area contributed by atoms with Gasteiger partial charge in [0.05, 0.1) is 6.21 Å². The molecule has 0 aliphatic carbocycles. The SMILES string of the molecule is CCc1nnc(N/N=C/c2cc(Br)ccc2O)n1N. The zero-order chi connectivity index (χ0) is 13.8. The van der Waals surface area contributed by atoms with Crippen LogP contribution < -0.4 is 11.3 Å². The molecule has 0 amide bonds. The number of aromatic hydroxyl groups is 1. The van der Waals surface area contributed by atoms with Crippen molar-refractivity contribution in [3.63, 3.8) is 0 Å². The summed E-state index contributed by atoms with van der Waals surface area (Å²) in [4.78, 5) is 0. The Kier molecular flexibility index (Phi) is 4.00. The highest BCUT2D eigenvalue weighted by atomic mass is 79.9. The molecule has 19 heavy (non-hydrogen) atoms. The van der Waals surface area contributed by atoms with E-state index in [0.29, 0.717) is 23.8 Å². The highest BCUT2D eigenvalue weighted by molar-refractivity contribution is 9.10. The molecule has 1 aromatic carbocycles. The monoisotopic (exact) mass is 324 g/mol. The van der Waals surface area contributed by atoms with Gasteiger partial charge in [-0.1, -0.05) is 22.9 Å². The zero-order valence-electron chi connectivity index (χ0n) is 10.2. The second-order valence-corrected chi connectivity index (χ2v) is 4.65. The van der Waals surface area contributed by atoms with E-state index in [1.165, 1.54) is 10.9 Å².